The zero-order valence-electron chi connectivity index (χ0n) is 12.1. The fourth-order valence-electron chi connectivity index (χ4n) is 3.14. The number of aromatic nitrogens is 1. The number of nitrogens with zero attached hydrogens (tertiary/aromatic N) is 1. The molecule has 0 fully saturated rings. The molecule has 0 bridgehead atoms. The minimum atomic E-state index is -1.39. The first kappa shape index (κ1) is 11.9. The van der Waals surface area contributed by atoms with Gasteiger partial charge < -0.3 is 0 Å². The summed E-state index contributed by atoms with van der Waals surface area (Å²) in [5.41, 5.74) is 3.68. The van der Waals surface area contributed by atoms with E-state index >= 15 is 0 Å². The lowest BCUT2D eigenvalue weighted by molar-refractivity contribution is 1.40. The van der Waals surface area contributed by atoms with Crippen LogP contribution < -0.4 is 0 Å². The first-order valence-corrected chi connectivity index (χ1v) is 10.6. The number of fused-ring (bicyclic) bond motifs is 2. The largest absolute Gasteiger partial charge is 0.248 e. The van der Waals surface area contributed by atoms with Crippen LogP contribution in [0.1, 0.15) is 11.3 Å². The molecule has 1 nitrogen and oxygen atoms in total. The van der Waals surface area contributed by atoms with Crippen LogP contribution in [-0.4, -0.2) is 13.1 Å². The van der Waals surface area contributed by atoms with Crippen LogP contribution >= 0.6 is 0 Å². The molecule has 1 heterocycles. The van der Waals surface area contributed by atoms with Crippen molar-refractivity contribution in [1.82, 2.24) is 4.98 Å². The number of rotatable bonds is 1. The number of hydrogen-bond acceptors (Lipinski definition) is 1. The van der Waals surface area contributed by atoms with Crippen molar-refractivity contribution in [2.24, 2.45) is 0 Å². The highest BCUT2D eigenvalue weighted by atomic mass is 28.3. The number of para-hydroxylation sites is 1. The summed E-state index contributed by atoms with van der Waals surface area (Å²) in [5, 5.41) is 5.43. The van der Waals surface area contributed by atoms with Crippen LogP contribution in [0.4, 0.5) is 0 Å². The maximum Gasteiger partial charge on any atom is 0.0804 e. The van der Waals surface area contributed by atoms with E-state index in [0.717, 1.165) is 5.52 Å². The Morgan fingerprint density at radius 2 is 1.60 bits per heavy atom. The maximum atomic E-state index is 4.99. The SMILES string of the molecule is C[Si](C)(C)C1=Cc2cccc3c2c1nc1ccccc13. The van der Waals surface area contributed by atoms with Gasteiger partial charge in [0.1, 0.15) is 0 Å². The van der Waals surface area contributed by atoms with Gasteiger partial charge in [-0.15, -0.1) is 0 Å². The lowest BCUT2D eigenvalue weighted by Gasteiger charge is -2.19. The molecule has 0 atom stereocenters. The van der Waals surface area contributed by atoms with Gasteiger partial charge in [-0.3, -0.25) is 0 Å². The Balaban J connectivity index is 2.21. The summed E-state index contributed by atoms with van der Waals surface area (Å²) >= 11 is 0. The molecule has 0 spiro atoms. The first-order chi connectivity index (χ1) is 9.55. The van der Waals surface area contributed by atoms with E-state index in [2.05, 4.69) is 68.2 Å². The van der Waals surface area contributed by atoms with Crippen molar-refractivity contribution in [2.45, 2.75) is 19.6 Å². The second-order valence-corrected chi connectivity index (χ2v) is 11.6. The van der Waals surface area contributed by atoms with Gasteiger partial charge in [0.25, 0.3) is 0 Å². The minimum absolute atomic E-state index is 1.11. The van der Waals surface area contributed by atoms with Crippen molar-refractivity contribution in [2.75, 3.05) is 0 Å². The van der Waals surface area contributed by atoms with E-state index in [1.165, 1.54) is 32.6 Å². The second-order valence-electron chi connectivity index (χ2n) is 6.56. The molecule has 0 amide bonds. The van der Waals surface area contributed by atoms with Crippen LogP contribution in [0, 0.1) is 0 Å². The van der Waals surface area contributed by atoms with Crippen LogP contribution in [0.5, 0.6) is 0 Å². The Bertz CT molecular complexity index is 885. The monoisotopic (exact) mass is 275 g/mol. The molecule has 1 aliphatic rings. The van der Waals surface area contributed by atoms with Crippen LogP contribution in [0.15, 0.2) is 42.5 Å². The molecule has 0 saturated heterocycles. The molecule has 98 valence electrons. The summed E-state index contributed by atoms with van der Waals surface area (Å²) in [6.07, 6.45) is 2.37. The molecule has 0 radical (unpaired) electrons. The smallest absolute Gasteiger partial charge is 0.0804 e. The molecule has 1 aliphatic carbocycles. The molecule has 0 saturated carbocycles. The highest BCUT2D eigenvalue weighted by Crippen LogP contribution is 2.41. The van der Waals surface area contributed by atoms with E-state index in [4.69, 9.17) is 4.98 Å². The van der Waals surface area contributed by atoms with Crippen molar-refractivity contribution in [3.63, 3.8) is 0 Å². The summed E-state index contributed by atoms with van der Waals surface area (Å²) in [4.78, 5) is 4.99. The summed E-state index contributed by atoms with van der Waals surface area (Å²) in [5.74, 6) is 0. The van der Waals surface area contributed by atoms with Crippen molar-refractivity contribution >= 4 is 41.0 Å². The standard InChI is InChI=1S/C18H17NSi/c1-20(2,3)16-11-12-7-6-9-14-13-8-4-5-10-15(13)19-18(16)17(12)14/h4-11H,1-3H3. The van der Waals surface area contributed by atoms with Crippen molar-refractivity contribution in [3.8, 4) is 0 Å². The molecule has 20 heavy (non-hydrogen) atoms. The molecule has 4 rings (SSSR count). The van der Waals surface area contributed by atoms with E-state index in [-0.39, 0.29) is 0 Å². The molecular weight excluding hydrogens is 258 g/mol. The van der Waals surface area contributed by atoms with Gasteiger partial charge >= 0.3 is 0 Å². The third-order valence-electron chi connectivity index (χ3n) is 4.12. The van der Waals surface area contributed by atoms with E-state index in [9.17, 15) is 0 Å². The Labute approximate surface area is 120 Å². The van der Waals surface area contributed by atoms with Crippen LogP contribution in [-0.2, 0) is 0 Å². The third-order valence-corrected chi connectivity index (χ3v) is 6.12. The van der Waals surface area contributed by atoms with Gasteiger partial charge in [0.15, 0.2) is 0 Å². The second kappa shape index (κ2) is 3.80. The third kappa shape index (κ3) is 1.51. The van der Waals surface area contributed by atoms with Crippen LogP contribution in [0.25, 0.3) is 32.9 Å². The van der Waals surface area contributed by atoms with Crippen LogP contribution in [0.3, 0.4) is 0 Å². The fraction of sp³-hybridized carbons (Fsp3) is 0.167. The molecule has 0 unspecified atom stereocenters. The first-order valence-electron chi connectivity index (χ1n) is 7.10. The van der Waals surface area contributed by atoms with Crippen molar-refractivity contribution in [1.29, 1.82) is 0 Å². The Morgan fingerprint density at radius 3 is 2.40 bits per heavy atom. The Hall–Kier alpha value is -1.93. The topological polar surface area (TPSA) is 12.9 Å². The van der Waals surface area contributed by atoms with Gasteiger partial charge in [0, 0.05) is 10.8 Å². The summed E-state index contributed by atoms with van der Waals surface area (Å²) in [6.45, 7) is 7.19. The molecule has 2 heteroatoms. The minimum Gasteiger partial charge on any atom is -0.248 e. The Kier molecular flexibility index (Phi) is 2.25. The van der Waals surface area contributed by atoms with Gasteiger partial charge in [0.05, 0.1) is 19.3 Å². The molecule has 3 aromatic rings. The van der Waals surface area contributed by atoms with E-state index in [1.807, 2.05) is 0 Å². The quantitative estimate of drug-likeness (QED) is 0.444. The molecule has 0 aliphatic heterocycles. The number of hydrogen-bond donors (Lipinski definition) is 0. The number of pyridine rings is 1. The van der Waals surface area contributed by atoms with Gasteiger partial charge in [-0.05, 0) is 22.2 Å². The molecule has 0 N–H and O–H groups in total. The molecule has 2 aromatic carbocycles. The summed E-state index contributed by atoms with van der Waals surface area (Å²) < 4.78 is 0. The molecule has 1 aromatic heterocycles. The van der Waals surface area contributed by atoms with Crippen molar-refractivity contribution < 1.29 is 0 Å². The zero-order valence-corrected chi connectivity index (χ0v) is 13.1. The van der Waals surface area contributed by atoms with Crippen LogP contribution in [0.2, 0.25) is 19.6 Å². The highest BCUT2D eigenvalue weighted by molar-refractivity contribution is 6.95. The van der Waals surface area contributed by atoms with E-state index < -0.39 is 8.07 Å². The average molecular weight is 275 g/mol. The normalized spacial score (nSPS) is 14.1. The average Bonchev–Trinajstić information content (AvgIpc) is 2.79. The predicted octanol–water partition coefficient (Wildman–Crippen LogP) is 5.12. The lowest BCUT2D eigenvalue weighted by Crippen LogP contribution is -2.22. The lowest BCUT2D eigenvalue weighted by atomic mass is 10.0. The van der Waals surface area contributed by atoms with E-state index in [0.29, 0.717) is 0 Å². The van der Waals surface area contributed by atoms with Gasteiger partial charge in [-0.2, -0.15) is 0 Å². The highest BCUT2D eigenvalue weighted by Gasteiger charge is 2.29. The molecular formula is C18H17NSi. The predicted molar refractivity (Wildman–Crippen MR) is 90.5 cm³/mol. The fourth-order valence-corrected chi connectivity index (χ4v) is 4.62. The van der Waals surface area contributed by atoms with Gasteiger partial charge in [0.2, 0.25) is 0 Å². The Morgan fingerprint density at radius 1 is 0.850 bits per heavy atom. The maximum absolute atomic E-state index is 4.99. The van der Waals surface area contributed by atoms with Gasteiger partial charge in [-0.1, -0.05) is 62.1 Å². The summed E-state index contributed by atoms with van der Waals surface area (Å²) in [7, 11) is -1.39. The van der Waals surface area contributed by atoms with Crippen molar-refractivity contribution in [3.05, 3.63) is 53.7 Å². The zero-order chi connectivity index (χ0) is 13.9. The number of benzene rings is 2. The summed E-state index contributed by atoms with van der Waals surface area (Å²) in [6, 6.07) is 15.1. The van der Waals surface area contributed by atoms with E-state index in [1.54, 1.807) is 0 Å². The van der Waals surface area contributed by atoms with Gasteiger partial charge in [-0.25, -0.2) is 4.98 Å².